The molecule has 1 aliphatic carbocycles. The summed E-state index contributed by atoms with van der Waals surface area (Å²) >= 11 is 0. The number of ether oxygens (including phenoxy) is 1. The second-order valence-electron chi connectivity index (χ2n) is 5.48. The number of alkyl carbamates (subject to hydrolysis) is 1. The van der Waals surface area contributed by atoms with Gasteiger partial charge < -0.3 is 15.2 Å². The third-order valence-electron chi connectivity index (χ3n) is 3.93. The van der Waals surface area contributed by atoms with Gasteiger partial charge >= 0.3 is 18.0 Å². The lowest BCUT2D eigenvalue weighted by molar-refractivity contribution is -0.143. The molecule has 0 spiro atoms. The Kier molecular flexibility index (Phi) is 5.52. The third kappa shape index (κ3) is 4.58. The highest BCUT2D eigenvalue weighted by atomic mass is 16.6. The molecule has 6 heteroatoms. The molecule has 0 aromatic heterocycles. The van der Waals surface area contributed by atoms with Crippen molar-refractivity contribution in [3.05, 3.63) is 35.9 Å². The molecule has 0 radical (unpaired) electrons. The maximum atomic E-state index is 11.7. The number of carboxylic acids is 1. The predicted octanol–water partition coefficient (Wildman–Crippen LogP) is 2.44. The second-order valence-corrected chi connectivity index (χ2v) is 5.48. The Morgan fingerprint density at radius 1 is 1.09 bits per heavy atom. The van der Waals surface area contributed by atoms with Gasteiger partial charge in [0.05, 0.1) is 11.5 Å². The number of rotatable bonds is 4. The monoisotopic (exact) mass is 305 g/mol. The van der Waals surface area contributed by atoms with Crippen molar-refractivity contribution in [1.82, 2.24) is 5.32 Å². The quantitative estimate of drug-likeness (QED) is 0.658. The van der Waals surface area contributed by atoms with Crippen molar-refractivity contribution in [3.63, 3.8) is 0 Å². The van der Waals surface area contributed by atoms with Gasteiger partial charge in [0.2, 0.25) is 0 Å². The van der Waals surface area contributed by atoms with E-state index in [9.17, 15) is 14.4 Å². The highest BCUT2D eigenvalue weighted by molar-refractivity contribution is 5.96. The average Bonchev–Trinajstić information content (AvgIpc) is 2.54. The lowest BCUT2D eigenvalue weighted by Gasteiger charge is -2.25. The van der Waals surface area contributed by atoms with E-state index >= 15 is 0 Å². The summed E-state index contributed by atoms with van der Waals surface area (Å²) in [7, 11) is 0. The van der Waals surface area contributed by atoms with Crippen LogP contribution in [0.1, 0.15) is 36.0 Å². The molecular formula is C16H19NO5. The maximum Gasteiger partial charge on any atom is 0.415 e. The van der Waals surface area contributed by atoms with Crippen LogP contribution in [-0.4, -0.2) is 29.7 Å². The molecule has 1 aromatic carbocycles. The normalized spacial score (nSPS) is 20.9. The van der Waals surface area contributed by atoms with Gasteiger partial charge in [0.1, 0.15) is 0 Å². The number of amides is 1. The number of carbonyl (C=O) groups is 3. The largest absolute Gasteiger partial charge is 0.481 e. The van der Waals surface area contributed by atoms with E-state index in [1.165, 1.54) is 0 Å². The van der Waals surface area contributed by atoms with Crippen LogP contribution in [0, 0.1) is 11.8 Å². The topological polar surface area (TPSA) is 92.7 Å². The van der Waals surface area contributed by atoms with Crippen LogP contribution in [0.2, 0.25) is 0 Å². The van der Waals surface area contributed by atoms with Crippen LogP contribution in [0.25, 0.3) is 0 Å². The Labute approximate surface area is 128 Å². The molecule has 0 saturated heterocycles. The Balaban J connectivity index is 1.70. The first-order valence-corrected chi connectivity index (χ1v) is 7.34. The summed E-state index contributed by atoms with van der Waals surface area (Å²) < 4.78 is 4.70. The minimum atomic E-state index is -0.769. The second kappa shape index (κ2) is 7.59. The van der Waals surface area contributed by atoms with E-state index in [-0.39, 0.29) is 11.8 Å². The Hall–Kier alpha value is -2.37. The number of carbonyl (C=O) groups excluding carboxylic acids is 2. The number of aliphatic carboxylic acids is 1. The van der Waals surface area contributed by atoms with Crippen molar-refractivity contribution in [2.45, 2.75) is 25.7 Å². The summed E-state index contributed by atoms with van der Waals surface area (Å²) in [6.45, 7) is 0.396. The molecule has 0 heterocycles. The Bertz CT molecular complexity index is 535. The van der Waals surface area contributed by atoms with Gasteiger partial charge in [0, 0.05) is 6.54 Å². The van der Waals surface area contributed by atoms with Crippen LogP contribution in [0.15, 0.2) is 30.3 Å². The Morgan fingerprint density at radius 2 is 1.73 bits per heavy atom. The molecule has 1 fully saturated rings. The molecule has 0 bridgehead atoms. The van der Waals surface area contributed by atoms with Gasteiger partial charge in [-0.05, 0) is 43.7 Å². The summed E-state index contributed by atoms with van der Waals surface area (Å²) in [6.07, 6.45) is 1.99. The zero-order valence-electron chi connectivity index (χ0n) is 12.2. The van der Waals surface area contributed by atoms with E-state index in [1.807, 2.05) is 0 Å². The molecule has 0 unspecified atom stereocenters. The lowest BCUT2D eigenvalue weighted by atomic mass is 9.82. The van der Waals surface area contributed by atoms with Crippen molar-refractivity contribution < 1.29 is 24.2 Å². The smallest absolute Gasteiger partial charge is 0.415 e. The van der Waals surface area contributed by atoms with Gasteiger partial charge in [0.25, 0.3) is 0 Å². The molecule has 1 aliphatic rings. The number of esters is 1. The summed E-state index contributed by atoms with van der Waals surface area (Å²) in [5, 5.41) is 11.5. The molecule has 22 heavy (non-hydrogen) atoms. The van der Waals surface area contributed by atoms with Gasteiger partial charge in [-0.15, -0.1) is 0 Å². The minimum Gasteiger partial charge on any atom is -0.481 e. The van der Waals surface area contributed by atoms with Crippen molar-refractivity contribution in [2.24, 2.45) is 11.8 Å². The van der Waals surface area contributed by atoms with E-state index in [0.717, 1.165) is 12.8 Å². The van der Waals surface area contributed by atoms with Crippen LogP contribution in [-0.2, 0) is 9.53 Å². The van der Waals surface area contributed by atoms with Gasteiger partial charge in [-0.25, -0.2) is 9.59 Å². The van der Waals surface area contributed by atoms with E-state index in [2.05, 4.69) is 5.32 Å². The fraction of sp³-hybridized carbons (Fsp3) is 0.438. The SMILES string of the molecule is O=C(NCC1CCC(C(=O)O)CC1)OC(=O)c1ccccc1. The van der Waals surface area contributed by atoms with E-state index in [0.29, 0.717) is 24.9 Å². The number of benzene rings is 1. The van der Waals surface area contributed by atoms with Crippen LogP contribution >= 0.6 is 0 Å². The zero-order chi connectivity index (χ0) is 15.9. The third-order valence-corrected chi connectivity index (χ3v) is 3.93. The van der Waals surface area contributed by atoms with Crippen LogP contribution in [0.5, 0.6) is 0 Å². The summed E-state index contributed by atoms with van der Waals surface area (Å²) in [6, 6.07) is 8.29. The molecule has 0 atom stereocenters. The average molecular weight is 305 g/mol. The molecular weight excluding hydrogens is 286 g/mol. The first-order chi connectivity index (χ1) is 10.6. The first-order valence-electron chi connectivity index (χ1n) is 7.34. The number of nitrogens with one attached hydrogen (secondary N) is 1. The van der Waals surface area contributed by atoms with E-state index in [4.69, 9.17) is 9.84 Å². The molecule has 6 nitrogen and oxygen atoms in total. The molecule has 0 aliphatic heterocycles. The van der Waals surface area contributed by atoms with Gasteiger partial charge in [-0.2, -0.15) is 0 Å². The van der Waals surface area contributed by atoms with E-state index < -0.39 is 18.0 Å². The minimum absolute atomic E-state index is 0.231. The summed E-state index contributed by atoms with van der Waals surface area (Å²) in [4.78, 5) is 34.1. The molecule has 1 amide bonds. The van der Waals surface area contributed by atoms with Crippen LogP contribution in [0.4, 0.5) is 4.79 Å². The van der Waals surface area contributed by atoms with Crippen LogP contribution in [0.3, 0.4) is 0 Å². The lowest BCUT2D eigenvalue weighted by Crippen LogP contribution is -2.33. The molecule has 2 rings (SSSR count). The van der Waals surface area contributed by atoms with Crippen molar-refractivity contribution in [1.29, 1.82) is 0 Å². The van der Waals surface area contributed by atoms with Crippen molar-refractivity contribution >= 4 is 18.0 Å². The molecule has 2 N–H and O–H groups in total. The van der Waals surface area contributed by atoms with E-state index in [1.54, 1.807) is 30.3 Å². The highest BCUT2D eigenvalue weighted by Crippen LogP contribution is 2.28. The van der Waals surface area contributed by atoms with Gasteiger partial charge in [-0.1, -0.05) is 18.2 Å². The maximum absolute atomic E-state index is 11.7. The molecule has 1 saturated carbocycles. The Morgan fingerprint density at radius 3 is 2.32 bits per heavy atom. The summed E-state index contributed by atoms with van der Waals surface area (Å²) in [5.41, 5.74) is 0.319. The first kappa shape index (κ1) is 16.0. The standard InChI is InChI=1S/C16H19NO5/c18-14(19)12-8-6-11(7-9-12)10-17-16(21)22-15(20)13-4-2-1-3-5-13/h1-5,11-12H,6-10H2,(H,17,21)(H,18,19). The number of carboxylic acid groups (broad SMARTS) is 1. The fourth-order valence-corrected chi connectivity index (χ4v) is 2.59. The fourth-order valence-electron chi connectivity index (χ4n) is 2.59. The molecule has 1 aromatic rings. The van der Waals surface area contributed by atoms with Crippen LogP contribution < -0.4 is 5.32 Å². The predicted molar refractivity (Wildman–Crippen MR) is 78.3 cm³/mol. The van der Waals surface area contributed by atoms with Crippen molar-refractivity contribution in [2.75, 3.05) is 6.54 Å². The van der Waals surface area contributed by atoms with Gasteiger partial charge in [-0.3, -0.25) is 4.79 Å². The number of hydrogen-bond acceptors (Lipinski definition) is 4. The van der Waals surface area contributed by atoms with Gasteiger partial charge in [0.15, 0.2) is 0 Å². The summed E-state index contributed by atoms with van der Waals surface area (Å²) in [5.74, 6) is -1.48. The zero-order valence-corrected chi connectivity index (χ0v) is 12.2. The number of hydrogen-bond donors (Lipinski definition) is 2. The highest BCUT2D eigenvalue weighted by Gasteiger charge is 2.26. The van der Waals surface area contributed by atoms with Crippen molar-refractivity contribution in [3.8, 4) is 0 Å². The molecule has 118 valence electrons.